The van der Waals surface area contributed by atoms with Crippen LogP contribution in [0.5, 0.6) is 11.5 Å². The van der Waals surface area contributed by atoms with Crippen molar-refractivity contribution in [1.29, 1.82) is 0 Å². The summed E-state index contributed by atoms with van der Waals surface area (Å²) < 4.78 is 5.57. The summed E-state index contributed by atoms with van der Waals surface area (Å²) in [4.78, 5) is 10.8. The lowest BCUT2D eigenvalue weighted by Gasteiger charge is -2.07. The third-order valence-corrected chi connectivity index (χ3v) is 2.30. The second kappa shape index (κ2) is 4.81. The number of aldehydes is 1. The Bertz CT molecular complexity index is 495. The summed E-state index contributed by atoms with van der Waals surface area (Å²) in [5.41, 5.74) is 0.441. The van der Waals surface area contributed by atoms with Crippen LogP contribution < -0.4 is 4.74 Å². The van der Waals surface area contributed by atoms with Gasteiger partial charge in [-0.05, 0) is 30.3 Å². The molecule has 80 valence electrons. The summed E-state index contributed by atoms with van der Waals surface area (Å²) in [5.74, 6) is 1.19. The van der Waals surface area contributed by atoms with Crippen LogP contribution in [-0.4, -0.2) is 6.29 Å². The van der Waals surface area contributed by atoms with E-state index in [0.29, 0.717) is 22.1 Å². The van der Waals surface area contributed by atoms with E-state index in [1.165, 1.54) is 0 Å². The van der Waals surface area contributed by atoms with Gasteiger partial charge in [-0.2, -0.15) is 0 Å². The average molecular weight is 233 g/mol. The average Bonchev–Trinajstić information content (AvgIpc) is 2.33. The van der Waals surface area contributed by atoms with Crippen LogP contribution in [0.4, 0.5) is 0 Å². The van der Waals surface area contributed by atoms with E-state index in [9.17, 15) is 4.79 Å². The SMILES string of the molecule is O=Cc1cc(Cl)ccc1Oc1ccccc1. The van der Waals surface area contributed by atoms with Crippen LogP contribution in [-0.2, 0) is 0 Å². The number of benzene rings is 2. The number of para-hydroxylation sites is 1. The topological polar surface area (TPSA) is 26.3 Å². The molecule has 0 aliphatic heterocycles. The quantitative estimate of drug-likeness (QED) is 0.749. The van der Waals surface area contributed by atoms with Crippen LogP contribution in [0.3, 0.4) is 0 Å². The smallest absolute Gasteiger partial charge is 0.153 e. The van der Waals surface area contributed by atoms with Crippen molar-refractivity contribution >= 4 is 17.9 Å². The summed E-state index contributed by atoms with van der Waals surface area (Å²) in [7, 11) is 0. The van der Waals surface area contributed by atoms with Crippen molar-refractivity contribution in [2.75, 3.05) is 0 Å². The molecule has 2 aromatic carbocycles. The molecule has 0 atom stereocenters. The summed E-state index contributed by atoms with van der Waals surface area (Å²) in [6, 6.07) is 14.2. The Morgan fingerprint density at radius 3 is 2.50 bits per heavy atom. The van der Waals surface area contributed by atoms with Crippen molar-refractivity contribution in [3.8, 4) is 11.5 Å². The second-order valence-corrected chi connectivity index (χ2v) is 3.65. The van der Waals surface area contributed by atoms with Gasteiger partial charge in [0.05, 0.1) is 5.56 Å². The Hall–Kier alpha value is -1.80. The van der Waals surface area contributed by atoms with Gasteiger partial charge in [0.25, 0.3) is 0 Å². The third kappa shape index (κ3) is 2.41. The molecule has 0 spiro atoms. The number of rotatable bonds is 3. The van der Waals surface area contributed by atoms with Crippen molar-refractivity contribution in [2.45, 2.75) is 0 Å². The fourth-order valence-electron chi connectivity index (χ4n) is 1.32. The highest BCUT2D eigenvalue weighted by Crippen LogP contribution is 2.26. The molecular weight excluding hydrogens is 224 g/mol. The fourth-order valence-corrected chi connectivity index (χ4v) is 1.50. The van der Waals surface area contributed by atoms with Gasteiger partial charge >= 0.3 is 0 Å². The van der Waals surface area contributed by atoms with E-state index in [4.69, 9.17) is 16.3 Å². The van der Waals surface area contributed by atoms with Gasteiger partial charge in [0.2, 0.25) is 0 Å². The first kappa shape index (κ1) is 10.7. The van der Waals surface area contributed by atoms with Crippen LogP contribution in [0, 0.1) is 0 Å². The molecule has 0 saturated heterocycles. The number of carbonyl (C=O) groups excluding carboxylic acids is 1. The summed E-state index contributed by atoms with van der Waals surface area (Å²) in [5, 5.41) is 0.516. The van der Waals surface area contributed by atoms with E-state index in [2.05, 4.69) is 0 Å². The normalized spacial score (nSPS) is 9.81. The molecule has 2 rings (SSSR count). The zero-order valence-electron chi connectivity index (χ0n) is 8.39. The molecule has 3 heteroatoms. The van der Waals surface area contributed by atoms with Gasteiger partial charge < -0.3 is 4.74 Å². The van der Waals surface area contributed by atoms with Crippen LogP contribution in [0.2, 0.25) is 5.02 Å². The first-order valence-corrected chi connectivity index (χ1v) is 5.15. The van der Waals surface area contributed by atoms with E-state index < -0.39 is 0 Å². The maximum absolute atomic E-state index is 10.8. The number of carbonyl (C=O) groups is 1. The third-order valence-electron chi connectivity index (χ3n) is 2.07. The molecule has 0 N–H and O–H groups in total. The monoisotopic (exact) mass is 232 g/mol. The van der Waals surface area contributed by atoms with Crippen molar-refractivity contribution in [2.24, 2.45) is 0 Å². The van der Waals surface area contributed by atoms with Crippen LogP contribution in [0.1, 0.15) is 10.4 Å². The molecule has 0 aliphatic carbocycles. The summed E-state index contributed by atoms with van der Waals surface area (Å²) >= 11 is 5.78. The maximum atomic E-state index is 10.8. The van der Waals surface area contributed by atoms with Gasteiger partial charge in [-0.1, -0.05) is 29.8 Å². The molecule has 0 amide bonds. The van der Waals surface area contributed by atoms with Crippen molar-refractivity contribution in [3.05, 3.63) is 59.1 Å². The van der Waals surface area contributed by atoms with Gasteiger partial charge in [0.1, 0.15) is 11.5 Å². The minimum Gasteiger partial charge on any atom is -0.457 e. The lowest BCUT2D eigenvalue weighted by molar-refractivity contribution is 0.112. The zero-order chi connectivity index (χ0) is 11.4. The Labute approximate surface area is 98.4 Å². The minimum atomic E-state index is 0.441. The molecule has 16 heavy (non-hydrogen) atoms. The van der Waals surface area contributed by atoms with Crippen LogP contribution in [0.15, 0.2) is 48.5 Å². The van der Waals surface area contributed by atoms with E-state index in [-0.39, 0.29) is 0 Å². The Morgan fingerprint density at radius 1 is 1.06 bits per heavy atom. The van der Waals surface area contributed by atoms with Crippen LogP contribution >= 0.6 is 11.6 Å². The molecule has 0 aliphatic rings. The minimum absolute atomic E-state index is 0.441. The summed E-state index contributed by atoms with van der Waals surface area (Å²) in [6.07, 6.45) is 0.726. The largest absolute Gasteiger partial charge is 0.457 e. The number of ether oxygens (including phenoxy) is 1. The molecular formula is C13H9ClO2. The number of hydrogen-bond acceptors (Lipinski definition) is 2. The molecule has 0 bridgehead atoms. The summed E-state index contributed by atoms with van der Waals surface area (Å²) in [6.45, 7) is 0. The number of hydrogen-bond donors (Lipinski definition) is 0. The van der Waals surface area contributed by atoms with E-state index in [1.807, 2.05) is 30.3 Å². The molecule has 0 aromatic heterocycles. The highest BCUT2D eigenvalue weighted by atomic mass is 35.5. The molecule has 2 nitrogen and oxygen atoms in total. The highest BCUT2D eigenvalue weighted by molar-refractivity contribution is 6.30. The number of halogens is 1. The first-order chi connectivity index (χ1) is 7.79. The fraction of sp³-hybridized carbons (Fsp3) is 0. The highest BCUT2D eigenvalue weighted by Gasteiger charge is 2.04. The van der Waals surface area contributed by atoms with Gasteiger partial charge in [0.15, 0.2) is 6.29 Å². The van der Waals surface area contributed by atoms with Gasteiger partial charge in [-0.25, -0.2) is 0 Å². The lowest BCUT2D eigenvalue weighted by atomic mass is 10.2. The second-order valence-electron chi connectivity index (χ2n) is 3.22. The molecule has 0 fully saturated rings. The Morgan fingerprint density at radius 2 is 1.81 bits per heavy atom. The molecule has 0 heterocycles. The zero-order valence-corrected chi connectivity index (χ0v) is 9.15. The van der Waals surface area contributed by atoms with E-state index in [0.717, 1.165) is 6.29 Å². The van der Waals surface area contributed by atoms with E-state index in [1.54, 1.807) is 18.2 Å². The standard InChI is InChI=1S/C13H9ClO2/c14-11-6-7-13(10(8-11)9-15)16-12-4-2-1-3-5-12/h1-9H. The van der Waals surface area contributed by atoms with Crippen LogP contribution in [0.25, 0.3) is 0 Å². The maximum Gasteiger partial charge on any atom is 0.153 e. The van der Waals surface area contributed by atoms with E-state index >= 15 is 0 Å². The molecule has 0 unspecified atom stereocenters. The molecule has 0 radical (unpaired) electrons. The predicted molar refractivity (Wildman–Crippen MR) is 63.4 cm³/mol. The van der Waals surface area contributed by atoms with Gasteiger partial charge in [-0.15, -0.1) is 0 Å². The Balaban J connectivity index is 2.31. The predicted octanol–water partition coefficient (Wildman–Crippen LogP) is 3.94. The lowest BCUT2D eigenvalue weighted by Crippen LogP contribution is -1.89. The van der Waals surface area contributed by atoms with Crippen molar-refractivity contribution in [1.82, 2.24) is 0 Å². The van der Waals surface area contributed by atoms with Crippen molar-refractivity contribution < 1.29 is 9.53 Å². The molecule has 2 aromatic rings. The Kier molecular flexibility index (Phi) is 3.22. The molecule has 0 saturated carbocycles. The van der Waals surface area contributed by atoms with Crippen molar-refractivity contribution in [3.63, 3.8) is 0 Å². The van der Waals surface area contributed by atoms with Gasteiger partial charge in [0, 0.05) is 5.02 Å². The first-order valence-electron chi connectivity index (χ1n) is 4.77. The van der Waals surface area contributed by atoms with Gasteiger partial charge in [-0.3, -0.25) is 4.79 Å².